The summed E-state index contributed by atoms with van der Waals surface area (Å²) in [6.45, 7) is 7.68. The fourth-order valence-corrected chi connectivity index (χ4v) is 2.53. The first-order chi connectivity index (χ1) is 11.4. The molecule has 8 heteroatoms. The minimum absolute atomic E-state index is 0. The molecule has 1 aromatic carbocycles. The molecule has 138 valence electrons. The Morgan fingerprint density at radius 2 is 2.00 bits per heavy atom. The van der Waals surface area contributed by atoms with Crippen molar-refractivity contribution in [1.29, 1.82) is 0 Å². The highest BCUT2D eigenvalue weighted by Crippen LogP contribution is 2.23. The topological polar surface area (TPSA) is 53.7 Å². The number of hydrogen-bond acceptors (Lipinski definition) is 3. The molecule has 2 aromatic rings. The Morgan fingerprint density at radius 1 is 1.28 bits per heavy atom. The van der Waals surface area contributed by atoms with E-state index in [0.29, 0.717) is 29.0 Å². The number of halogens is 3. The average molecular weight is 497 g/mol. The molecule has 0 bridgehead atoms. The van der Waals surface area contributed by atoms with E-state index in [9.17, 15) is 0 Å². The number of aryl methyl sites for hydroxylation is 2. The number of aromatic nitrogens is 1. The Morgan fingerprint density at radius 3 is 2.56 bits per heavy atom. The molecule has 1 N–H and O–H groups in total. The van der Waals surface area contributed by atoms with E-state index < -0.39 is 0 Å². The molecule has 0 radical (unpaired) electrons. The van der Waals surface area contributed by atoms with E-state index in [2.05, 4.69) is 15.3 Å². The Bertz CT molecular complexity index is 714. The number of hydrogen-bond donors (Lipinski definition) is 1. The number of nitrogens with one attached hydrogen (secondary N) is 1. The van der Waals surface area contributed by atoms with Gasteiger partial charge in [-0.3, -0.25) is 0 Å². The van der Waals surface area contributed by atoms with Gasteiger partial charge in [0.05, 0.1) is 15.7 Å². The molecule has 5 nitrogen and oxygen atoms in total. The van der Waals surface area contributed by atoms with E-state index in [1.165, 1.54) is 0 Å². The van der Waals surface area contributed by atoms with E-state index in [1.807, 2.05) is 44.9 Å². The average Bonchev–Trinajstić information content (AvgIpc) is 2.85. The van der Waals surface area contributed by atoms with Gasteiger partial charge in [0.25, 0.3) is 0 Å². The second-order valence-electron chi connectivity index (χ2n) is 5.52. The summed E-state index contributed by atoms with van der Waals surface area (Å²) in [7, 11) is 1.97. The van der Waals surface area contributed by atoms with E-state index in [4.69, 9.17) is 27.6 Å². The molecule has 0 aliphatic rings. The monoisotopic (exact) mass is 496 g/mol. The summed E-state index contributed by atoms with van der Waals surface area (Å²) >= 11 is 12.0. The van der Waals surface area contributed by atoms with Crippen molar-refractivity contribution >= 4 is 53.1 Å². The molecule has 0 saturated carbocycles. The van der Waals surface area contributed by atoms with Crippen molar-refractivity contribution in [3.63, 3.8) is 0 Å². The Labute approximate surface area is 175 Å². The van der Waals surface area contributed by atoms with Crippen molar-refractivity contribution < 1.29 is 4.42 Å². The molecular formula is C17H23Cl2IN4O. The number of aliphatic imine (C=N–C) groups is 1. The summed E-state index contributed by atoms with van der Waals surface area (Å²) in [4.78, 5) is 11.0. The van der Waals surface area contributed by atoms with Gasteiger partial charge in [-0.1, -0.05) is 29.3 Å². The number of oxazole rings is 1. The van der Waals surface area contributed by atoms with Gasteiger partial charge >= 0.3 is 0 Å². The first-order valence-corrected chi connectivity index (χ1v) is 8.52. The lowest BCUT2D eigenvalue weighted by Crippen LogP contribution is -2.38. The quantitative estimate of drug-likeness (QED) is 0.366. The maximum atomic E-state index is 6.08. The molecule has 0 spiro atoms. The third-order valence-electron chi connectivity index (χ3n) is 3.54. The SMILES string of the molecule is CCNC(=NCc1nc(C)c(C)o1)N(C)Cc1ccc(Cl)c(Cl)c1.I. The van der Waals surface area contributed by atoms with Crippen LogP contribution in [-0.2, 0) is 13.1 Å². The molecule has 1 heterocycles. The summed E-state index contributed by atoms with van der Waals surface area (Å²) in [6.07, 6.45) is 0. The minimum atomic E-state index is 0. The van der Waals surface area contributed by atoms with Gasteiger partial charge in [-0.15, -0.1) is 24.0 Å². The van der Waals surface area contributed by atoms with Gasteiger partial charge in [-0.05, 0) is 38.5 Å². The largest absolute Gasteiger partial charge is 0.444 e. The summed E-state index contributed by atoms with van der Waals surface area (Å²) in [5.74, 6) is 2.22. The Hall–Kier alpha value is -0.990. The zero-order valence-electron chi connectivity index (χ0n) is 14.8. The highest BCUT2D eigenvalue weighted by molar-refractivity contribution is 14.0. The first kappa shape index (κ1) is 22.1. The third-order valence-corrected chi connectivity index (χ3v) is 4.28. The highest BCUT2D eigenvalue weighted by atomic mass is 127. The van der Waals surface area contributed by atoms with Gasteiger partial charge in [0, 0.05) is 20.1 Å². The van der Waals surface area contributed by atoms with E-state index in [-0.39, 0.29) is 24.0 Å². The number of guanidine groups is 1. The van der Waals surface area contributed by atoms with Crippen LogP contribution in [0.25, 0.3) is 0 Å². The van der Waals surface area contributed by atoms with Gasteiger partial charge < -0.3 is 14.6 Å². The van der Waals surface area contributed by atoms with E-state index in [0.717, 1.165) is 29.5 Å². The molecule has 1 aromatic heterocycles. The smallest absolute Gasteiger partial charge is 0.216 e. The maximum Gasteiger partial charge on any atom is 0.216 e. The number of rotatable bonds is 5. The van der Waals surface area contributed by atoms with Crippen molar-refractivity contribution in [3.8, 4) is 0 Å². The van der Waals surface area contributed by atoms with E-state index in [1.54, 1.807) is 6.07 Å². The maximum absolute atomic E-state index is 6.08. The molecule has 2 rings (SSSR count). The second kappa shape index (κ2) is 10.2. The normalized spacial score (nSPS) is 11.2. The van der Waals surface area contributed by atoms with Gasteiger partial charge in [-0.2, -0.15) is 0 Å². The van der Waals surface area contributed by atoms with Crippen LogP contribution in [0, 0.1) is 13.8 Å². The minimum Gasteiger partial charge on any atom is -0.444 e. The van der Waals surface area contributed by atoms with Crippen LogP contribution in [0.4, 0.5) is 0 Å². The molecule has 25 heavy (non-hydrogen) atoms. The molecule has 0 atom stereocenters. The third kappa shape index (κ3) is 6.34. The lowest BCUT2D eigenvalue weighted by atomic mass is 10.2. The van der Waals surface area contributed by atoms with Crippen molar-refractivity contribution in [1.82, 2.24) is 15.2 Å². The van der Waals surface area contributed by atoms with Gasteiger partial charge in [0.2, 0.25) is 5.89 Å². The van der Waals surface area contributed by atoms with E-state index >= 15 is 0 Å². The van der Waals surface area contributed by atoms with Crippen LogP contribution in [0.2, 0.25) is 10.0 Å². The van der Waals surface area contributed by atoms with Crippen molar-refractivity contribution in [3.05, 3.63) is 51.2 Å². The summed E-state index contributed by atoms with van der Waals surface area (Å²) in [5, 5.41) is 4.37. The number of benzene rings is 1. The fraction of sp³-hybridized carbons (Fsp3) is 0.412. The van der Waals surface area contributed by atoms with Crippen molar-refractivity contribution in [2.75, 3.05) is 13.6 Å². The highest BCUT2D eigenvalue weighted by Gasteiger charge is 2.10. The Kier molecular flexibility index (Phi) is 9.02. The lowest BCUT2D eigenvalue weighted by molar-refractivity contribution is 0.458. The number of nitrogens with zero attached hydrogens (tertiary/aromatic N) is 3. The summed E-state index contributed by atoms with van der Waals surface area (Å²) in [5.41, 5.74) is 1.95. The van der Waals surface area contributed by atoms with Crippen LogP contribution in [0.15, 0.2) is 27.6 Å². The predicted molar refractivity (Wildman–Crippen MR) is 114 cm³/mol. The van der Waals surface area contributed by atoms with Crippen LogP contribution in [-0.4, -0.2) is 29.4 Å². The fourth-order valence-electron chi connectivity index (χ4n) is 2.21. The van der Waals surface area contributed by atoms with Crippen LogP contribution in [0.5, 0.6) is 0 Å². The van der Waals surface area contributed by atoms with Crippen molar-refractivity contribution in [2.24, 2.45) is 4.99 Å². The van der Waals surface area contributed by atoms with Crippen LogP contribution < -0.4 is 5.32 Å². The zero-order chi connectivity index (χ0) is 17.7. The molecule has 0 amide bonds. The Balaban J connectivity index is 0.00000312. The van der Waals surface area contributed by atoms with Crippen LogP contribution in [0.3, 0.4) is 0 Å². The van der Waals surface area contributed by atoms with Gasteiger partial charge in [-0.25, -0.2) is 9.98 Å². The lowest BCUT2D eigenvalue weighted by Gasteiger charge is -2.22. The summed E-state index contributed by atoms with van der Waals surface area (Å²) in [6, 6.07) is 5.62. The predicted octanol–water partition coefficient (Wildman–Crippen LogP) is 4.81. The molecular weight excluding hydrogens is 474 g/mol. The molecule has 0 fully saturated rings. The van der Waals surface area contributed by atoms with Gasteiger partial charge in [0.1, 0.15) is 12.3 Å². The van der Waals surface area contributed by atoms with Crippen LogP contribution >= 0.6 is 47.2 Å². The van der Waals surface area contributed by atoms with Gasteiger partial charge in [0.15, 0.2) is 5.96 Å². The zero-order valence-corrected chi connectivity index (χ0v) is 18.6. The molecule has 0 aliphatic carbocycles. The molecule has 0 aliphatic heterocycles. The van der Waals surface area contributed by atoms with Crippen LogP contribution in [0.1, 0.15) is 29.8 Å². The molecule has 0 unspecified atom stereocenters. The standard InChI is InChI=1S/C17H22Cl2N4O.HI/c1-5-20-17(21-9-16-22-11(2)12(3)24-16)23(4)10-13-6-7-14(18)15(19)8-13;/h6-8H,5,9-10H2,1-4H3,(H,20,21);1H. The molecule has 0 saturated heterocycles. The first-order valence-electron chi connectivity index (χ1n) is 7.77. The van der Waals surface area contributed by atoms with Crippen molar-refractivity contribution in [2.45, 2.75) is 33.9 Å². The second-order valence-corrected chi connectivity index (χ2v) is 6.34. The summed E-state index contributed by atoms with van der Waals surface area (Å²) < 4.78 is 5.57.